The number of hydrogen-bond acceptors (Lipinski definition) is 6. The number of benzene rings is 1. The quantitative estimate of drug-likeness (QED) is 0.629. The molecule has 1 amide bonds. The highest BCUT2D eigenvalue weighted by Crippen LogP contribution is 2.37. The molecule has 29 heavy (non-hydrogen) atoms. The van der Waals surface area contributed by atoms with Gasteiger partial charge in [-0.05, 0) is 31.0 Å². The fourth-order valence-electron chi connectivity index (χ4n) is 3.12. The Labute approximate surface area is 170 Å². The van der Waals surface area contributed by atoms with E-state index in [1.807, 2.05) is 4.57 Å². The fraction of sp³-hybridized carbons (Fsp3) is 0.471. The molecule has 8 nitrogen and oxygen atoms in total. The maximum atomic E-state index is 13.4. The molecule has 1 saturated heterocycles. The monoisotopic (exact) mass is 443 g/mol. The fourth-order valence-corrected chi connectivity index (χ4v) is 5.44. The second kappa shape index (κ2) is 8.00. The number of carbonyl (C=O) groups excluding carboxylic acids is 1. The van der Waals surface area contributed by atoms with Crippen molar-refractivity contribution >= 4 is 27.7 Å². The molecule has 0 unspecified atom stereocenters. The molecule has 1 aliphatic heterocycles. The highest BCUT2D eigenvalue weighted by atomic mass is 32.2. The van der Waals surface area contributed by atoms with Gasteiger partial charge in [0.1, 0.15) is 6.33 Å². The molecule has 1 aromatic heterocycles. The summed E-state index contributed by atoms with van der Waals surface area (Å²) >= 11 is 1.32. The van der Waals surface area contributed by atoms with Gasteiger partial charge in [0.15, 0.2) is 16.8 Å². The normalized spacial score (nSPS) is 18.2. The van der Waals surface area contributed by atoms with Crippen molar-refractivity contribution in [1.82, 2.24) is 24.0 Å². The number of halogens is 2. The summed E-state index contributed by atoms with van der Waals surface area (Å²) < 4.78 is 54.9. The number of aromatic nitrogens is 3. The van der Waals surface area contributed by atoms with Gasteiger partial charge in [0.2, 0.25) is 15.9 Å². The SMILES string of the molecule is O=C(CSc1nncn1C1CC1)N1CCN(S(=O)(=O)c2ccc(F)c(F)c2)CC1. The van der Waals surface area contributed by atoms with Crippen molar-refractivity contribution in [2.24, 2.45) is 0 Å². The number of carbonyl (C=O) groups is 1. The predicted molar refractivity (Wildman–Crippen MR) is 101 cm³/mol. The van der Waals surface area contributed by atoms with Crippen LogP contribution in [0.2, 0.25) is 0 Å². The molecule has 12 heteroatoms. The zero-order valence-corrected chi connectivity index (χ0v) is 17.0. The Morgan fingerprint density at radius 3 is 2.52 bits per heavy atom. The van der Waals surface area contributed by atoms with E-state index in [4.69, 9.17) is 0 Å². The second-order valence-electron chi connectivity index (χ2n) is 6.90. The lowest BCUT2D eigenvalue weighted by molar-refractivity contribution is -0.129. The third-order valence-electron chi connectivity index (χ3n) is 4.93. The van der Waals surface area contributed by atoms with E-state index in [1.165, 1.54) is 16.1 Å². The maximum Gasteiger partial charge on any atom is 0.243 e. The van der Waals surface area contributed by atoms with Gasteiger partial charge in [-0.15, -0.1) is 10.2 Å². The van der Waals surface area contributed by atoms with Crippen LogP contribution >= 0.6 is 11.8 Å². The van der Waals surface area contributed by atoms with Crippen molar-refractivity contribution in [3.8, 4) is 0 Å². The number of sulfonamides is 1. The van der Waals surface area contributed by atoms with E-state index in [9.17, 15) is 22.0 Å². The Kier molecular flexibility index (Phi) is 5.58. The largest absolute Gasteiger partial charge is 0.339 e. The molecule has 0 atom stereocenters. The Bertz CT molecular complexity index is 1020. The van der Waals surface area contributed by atoms with Gasteiger partial charge in [-0.25, -0.2) is 17.2 Å². The Hall–Kier alpha value is -2.05. The van der Waals surface area contributed by atoms with Gasteiger partial charge in [-0.1, -0.05) is 11.8 Å². The van der Waals surface area contributed by atoms with Gasteiger partial charge in [-0.3, -0.25) is 4.79 Å². The van der Waals surface area contributed by atoms with E-state index < -0.39 is 21.7 Å². The van der Waals surface area contributed by atoms with Crippen LogP contribution in [0.4, 0.5) is 8.78 Å². The second-order valence-corrected chi connectivity index (χ2v) is 9.78. The Morgan fingerprint density at radius 2 is 1.86 bits per heavy atom. The van der Waals surface area contributed by atoms with E-state index >= 15 is 0 Å². The van der Waals surface area contributed by atoms with Gasteiger partial charge < -0.3 is 9.47 Å². The summed E-state index contributed by atoms with van der Waals surface area (Å²) in [4.78, 5) is 13.8. The summed E-state index contributed by atoms with van der Waals surface area (Å²) in [6.07, 6.45) is 3.86. The lowest BCUT2D eigenvalue weighted by Gasteiger charge is -2.34. The molecule has 0 bridgehead atoms. The summed E-state index contributed by atoms with van der Waals surface area (Å²) in [7, 11) is -3.94. The molecule has 2 fully saturated rings. The van der Waals surface area contributed by atoms with E-state index in [2.05, 4.69) is 10.2 Å². The first kappa shape index (κ1) is 20.2. The van der Waals surface area contributed by atoms with E-state index in [-0.39, 0.29) is 42.7 Å². The maximum absolute atomic E-state index is 13.4. The minimum Gasteiger partial charge on any atom is -0.339 e. The summed E-state index contributed by atoms with van der Waals surface area (Å²) in [5.41, 5.74) is 0. The van der Waals surface area contributed by atoms with Crippen LogP contribution in [-0.4, -0.2) is 70.2 Å². The van der Waals surface area contributed by atoms with Crippen LogP contribution in [0.5, 0.6) is 0 Å². The Balaban J connectivity index is 1.33. The third kappa shape index (κ3) is 4.28. The minimum atomic E-state index is -3.94. The molecule has 2 aliphatic rings. The molecule has 1 aliphatic carbocycles. The third-order valence-corrected chi connectivity index (χ3v) is 7.76. The van der Waals surface area contributed by atoms with Crippen molar-refractivity contribution in [2.75, 3.05) is 31.9 Å². The van der Waals surface area contributed by atoms with E-state index in [0.29, 0.717) is 17.3 Å². The average Bonchev–Trinajstić information content (AvgIpc) is 3.46. The summed E-state index contributed by atoms with van der Waals surface area (Å²) in [5, 5.41) is 8.65. The molecule has 2 aromatic rings. The molecule has 2 heterocycles. The lowest BCUT2D eigenvalue weighted by Crippen LogP contribution is -2.51. The average molecular weight is 444 g/mol. The highest BCUT2D eigenvalue weighted by Gasteiger charge is 2.31. The molecular formula is C17H19F2N5O3S2. The smallest absolute Gasteiger partial charge is 0.243 e. The first-order valence-electron chi connectivity index (χ1n) is 9.11. The van der Waals surface area contributed by atoms with E-state index in [1.54, 1.807) is 11.2 Å². The zero-order chi connectivity index (χ0) is 20.6. The number of piperazine rings is 1. The molecule has 4 rings (SSSR count). The van der Waals surface area contributed by atoms with Gasteiger partial charge in [0.05, 0.1) is 10.6 Å². The standard InChI is InChI=1S/C17H19F2N5O3S2/c18-14-4-3-13(9-15(14)19)29(26,27)23-7-5-22(6-8-23)16(25)10-28-17-21-20-11-24(17)12-1-2-12/h3-4,9,11-12H,1-2,5-8,10H2. The van der Waals surface area contributed by atoms with Gasteiger partial charge in [0.25, 0.3) is 0 Å². The summed E-state index contributed by atoms with van der Waals surface area (Å²) in [6.45, 7) is 0.654. The minimum absolute atomic E-state index is 0.0932. The van der Waals surface area contributed by atoms with Crippen molar-refractivity contribution < 1.29 is 22.0 Å². The van der Waals surface area contributed by atoms with Crippen molar-refractivity contribution in [1.29, 1.82) is 0 Å². The first-order valence-corrected chi connectivity index (χ1v) is 11.5. The summed E-state index contributed by atoms with van der Waals surface area (Å²) in [5.74, 6) is -2.23. The van der Waals surface area contributed by atoms with Crippen LogP contribution in [0.1, 0.15) is 18.9 Å². The number of amides is 1. The number of hydrogen-bond donors (Lipinski definition) is 0. The van der Waals surface area contributed by atoms with Crippen LogP contribution in [0.3, 0.4) is 0 Å². The van der Waals surface area contributed by atoms with Gasteiger partial charge >= 0.3 is 0 Å². The predicted octanol–water partition coefficient (Wildman–Crippen LogP) is 1.52. The first-order chi connectivity index (χ1) is 13.9. The van der Waals surface area contributed by atoms with Gasteiger partial charge in [0, 0.05) is 32.2 Å². The van der Waals surface area contributed by atoms with Crippen molar-refractivity contribution in [2.45, 2.75) is 28.9 Å². The molecule has 156 valence electrons. The van der Waals surface area contributed by atoms with Crippen LogP contribution < -0.4 is 0 Å². The van der Waals surface area contributed by atoms with E-state index in [0.717, 1.165) is 25.0 Å². The lowest BCUT2D eigenvalue weighted by atomic mass is 10.3. The van der Waals surface area contributed by atoms with Crippen LogP contribution in [-0.2, 0) is 14.8 Å². The molecule has 1 saturated carbocycles. The molecule has 0 spiro atoms. The molecular weight excluding hydrogens is 424 g/mol. The number of thioether (sulfide) groups is 1. The van der Waals surface area contributed by atoms with Crippen molar-refractivity contribution in [3.05, 3.63) is 36.2 Å². The highest BCUT2D eigenvalue weighted by molar-refractivity contribution is 7.99. The summed E-state index contributed by atoms with van der Waals surface area (Å²) in [6, 6.07) is 2.93. The molecule has 1 aromatic carbocycles. The number of nitrogens with zero attached hydrogens (tertiary/aromatic N) is 5. The van der Waals surface area contributed by atoms with Crippen molar-refractivity contribution in [3.63, 3.8) is 0 Å². The topological polar surface area (TPSA) is 88.4 Å². The molecule has 0 radical (unpaired) electrons. The van der Waals surface area contributed by atoms with Gasteiger partial charge in [-0.2, -0.15) is 4.31 Å². The van der Waals surface area contributed by atoms with Crippen LogP contribution in [0.15, 0.2) is 34.6 Å². The van der Waals surface area contributed by atoms with Crippen LogP contribution in [0, 0.1) is 11.6 Å². The molecule has 0 N–H and O–H groups in total. The Morgan fingerprint density at radius 1 is 1.14 bits per heavy atom. The zero-order valence-electron chi connectivity index (χ0n) is 15.4. The number of rotatable bonds is 6. The van der Waals surface area contributed by atoms with Crippen LogP contribution in [0.25, 0.3) is 0 Å².